The maximum Gasteiger partial charge on any atom is 0.317 e. The highest BCUT2D eigenvalue weighted by molar-refractivity contribution is 7.99. The molecule has 1 N–H and O–H groups in total. The standard InChI is InChI=1S/C10H19NO2S/c1-10(2)4-8(6-14-7-10)11(3)5-9(12)13/h8H,4-7H2,1-3H3,(H,12,13). The molecular weight excluding hydrogens is 198 g/mol. The number of rotatable bonds is 3. The van der Waals surface area contributed by atoms with E-state index in [1.54, 1.807) is 0 Å². The van der Waals surface area contributed by atoms with Crippen LogP contribution in [0.15, 0.2) is 0 Å². The van der Waals surface area contributed by atoms with Gasteiger partial charge in [0.25, 0.3) is 0 Å². The topological polar surface area (TPSA) is 40.5 Å². The Hall–Kier alpha value is -0.220. The molecule has 4 heteroatoms. The number of carboxylic acid groups (broad SMARTS) is 1. The molecule has 1 heterocycles. The molecule has 1 aliphatic rings. The van der Waals surface area contributed by atoms with Gasteiger partial charge in [-0.05, 0) is 24.6 Å². The van der Waals surface area contributed by atoms with Crippen LogP contribution in [0.4, 0.5) is 0 Å². The highest BCUT2D eigenvalue weighted by Gasteiger charge is 2.30. The van der Waals surface area contributed by atoms with E-state index in [2.05, 4.69) is 13.8 Å². The first kappa shape index (κ1) is 11.9. The first-order chi connectivity index (χ1) is 6.41. The Labute approximate surface area is 89.9 Å². The minimum atomic E-state index is -0.735. The SMILES string of the molecule is CN(CC(=O)O)C1CSCC(C)(C)C1. The Morgan fingerprint density at radius 1 is 1.64 bits per heavy atom. The largest absolute Gasteiger partial charge is 0.480 e. The van der Waals surface area contributed by atoms with Gasteiger partial charge in [-0.15, -0.1) is 0 Å². The van der Waals surface area contributed by atoms with Crippen molar-refractivity contribution in [3.63, 3.8) is 0 Å². The van der Waals surface area contributed by atoms with Crippen molar-refractivity contribution in [1.82, 2.24) is 4.90 Å². The molecule has 0 aromatic rings. The van der Waals surface area contributed by atoms with Crippen LogP contribution in [0.25, 0.3) is 0 Å². The Balaban J connectivity index is 2.47. The molecule has 3 nitrogen and oxygen atoms in total. The molecule has 1 rings (SSSR count). The molecule has 1 atom stereocenters. The van der Waals surface area contributed by atoms with E-state index in [1.807, 2.05) is 23.7 Å². The van der Waals surface area contributed by atoms with Gasteiger partial charge >= 0.3 is 5.97 Å². The number of thioether (sulfide) groups is 1. The zero-order chi connectivity index (χ0) is 10.8. The summed E-state index contributed by atoms with van der Waals surface area (Å²) in [5.74, 6) is 1.51. The van der Waals surface area contributed by atoms with E-state index >= 15 is 0 Å². The third-order valence-corrected chi connectivity index (χ3v) is 4.21. The molecule has 1 fully saturated rings. The monoisotopic (exact) mass is 217 g/mol. The van der Waals surface area contributed by atoms with Gasteiger partial charge in [-0.3, -0.25) is 9.69 Å². The summed E-state index contributed by atoms with van der Waals surface area (Å²) in [6.07, 6.45) is 1.10. The molecule has 82 valence electrons. The van der Waals surface area contributed by atoms with E-state index in [4.69, 9.17) is 5.11 Å². The number of carbonyl (C=O) groups is 1. The minimum Gasteiger partial charge on any atom is -0.480 e. The predicted octanol–water partition coefficient (Wildman–Crippen LogP) is 1.53. The van der Waals surface area contributed by atoms with Crippen molar-refractivity contribution in [3.8, 4) is 0 Å². The van der Waals surface area contributed by atoms with Crippen molar-refractivity contribution in [2.45, 2.75) is 26.3 Å². The molecule has 0 aliphatic carbocycles. The summed E-state index contributed by atoms with van der Waals surface area (Å²) in [7, 11) is 1.90. The fourth-order valence-electron chi connectivity index (χ4n) is 1.85. The normalized spacial score (nSPS) is 26.4. The zero-order valence-electron chi connectivity index (χ0n) is 9.12. The van der Waals surface area contributed by atoms with Crippen LogP contribution in [0.3, 0.4) is 0 Å². The first-order valence-corrected chi connectivity index (χ1v) is 6.06. The lowest BCUT2D eigenvalue weighted by molar-refractivity contribution is -0.138. The molecule has 0 radical (unpaired) electrons. The molecular formula is C10H19NO2S. The summed E-state index contributed by atoms with van der Waals surface area (Å²) in [6, 6.07) is 0.417. The second-order valence-corrected chi connectivity index (χ2v) is 5.88. The van der Waals surface area contributed by atoms with E-state index in [-0.39, 0.29) is 6.54 Å². The molecule has 0 saturated carbocycles. The van der Waals surface area contributed by atoms with Gasteiger partial charge in [0.2, 0.25) is 0 Å². The van der Waals surface area contributed by atoms with Crippen molar-refractivity contribution in [1.29, 1.82) is 0 Å². The number of likely N-dealkylation sites (N-methyl/N-ethyl adjacent to an activating group) is 1. The number of carboxylic acids is 1. The molecule has 0 bridgehead atoms. The predicted molar refractivity (Wildman–Crippen MR) is 59.8 cm³/mol. The lowest BCUT2D eigenvalue weighted by Gasteiger charge is -2.38. The Bertz CT molecular complexity index is 218. The van der Waals surface area contributed by atoms with Crippen LogP contribution in [-0.4, -0.2) is 47.1 Å². The van der Waals surface area contributed by atoms with Gasteiger partial charge in [0, 0.05) is 11.8 Å². The molecule has 1 saturated heterocycles. The van der Waals surface area contributed by atoms with E-state index < -0.39 is 5.97 Å². The quantitative estimate of drug-likeness (QED) is 0.778. The van der Waals surface area contributed by atoms with Gasteiger partial charge < -0.3 is 5.11 Å². The maximum absolute atomic E-state index is 10.6. The van der Waals surface area contributed by atoms with Crippen LogP contribution in [0, 0.1) is 5.41 Å². The average molecular weight is 217 g/mol. The van der Waals surface area contributed by atoms with E-state index in [1.165, 1.54) is 5.75 Å². The van der Waals surface area contributed by atoms with Gasteiger partial charge in [-0.2, -0.15) is 11.8 Å². The molecule has 1 aliphatic heterocycles. The smallest absolute Gasteiger partial charge is 0.317 e. The summed E-state index contributed by atoms with van der Waals surface area (Å²) in [5, 5.41) is 8.70. The third kappa shape index (κ3) is 3.50. The van der Waals surface area contributed by atoms with Crippen molar-refractivity contribution in [3.05, 3.63) is 0 Å². The van der Waals surface area contributed by atoms with Gasteiger partial charge in [0.1, 0.15) is 0 Å². The lowest BCUT2D eigenvalue weighted by Crippen LogP contribution is -2.43. The highest BCUT2D eigenvalue weighted by Crippen LogP contribution is 2.35. The highest BCUT2D eigenvalue weighted by atomic mass is 32.2. The lowest BCUT2D eigenvalue weighted by atomic mass is 9.87. The zero-order valence-corrected chi connectivity index (χ0v) is 9.93. The summed E-state index contributed by atoms with van der Waals surface area (Å²) in [6.45, 7) is 4.66. The molecule has 1 unspecified atom stereocenters. The average Bonchev–Trinajstić information content (AvgIpc) is 2.01. The summed E-state index contributed by atoms with van der Waals surface area (Å²) < 4.78 is 0. The summed E-state index contributed by atoms with van der Waals surface area (Å²) in [4.78, 5) is 12.5. The van der Waals surface area contributed by atoms with Crippen molar-refractivity contribution < 1.29 is 9.90 Å². The van der Waals surface area contributed by atoms with E-state index in [0.717, 1.165) is 12.2 Å². The van der Waals surface area contributed by atoms with E-state index in [0.29, 0.717) is 11.5 Å². The fraction of sp³-hybridized carbons (Fsp3) is 0.900. The van der Waals surface area contributed by atoms with Crippen LogP contribution in [0.1, 0.15) is 20.3 Å². The second kappa shape index (κ2) is 4.53. The second-order valence-electron chi connectivity index (χ2n) is 4.85. The molecule has 0 amide bonds. The molecule has 0 spiro atoms. The Morgan fingerprint density at radius 2 is 2.29 bits per heavy atom. The molecule has 0 aromatic carbocycles. The molecule has 0 aromatic heterocycles. The molecule has 14 heavy (non-hydrogen) atoms. The van der Waals surface area contributed by atoms with Gasteiger partial charge in [0.05, 0.1) is 6.54 Å². The van der Waals surface area contributed by atoms with Gasteiger partial charge in [-0.1, -0.05) is 13.8 Å². The van der Waals surface area contributed by atoms with Crippen LogP contribution in [-0.2, 0) is 4.79 Å². The number of aliphatic carboxylic acids is 1. The van der Waals surface area contributed by atoms with Crippen LogP contribution in [0.2, 0.25) is 0 Å². The number of hydrogen-bond acceptors (Lipinski definition) is 3. The van der Waals surface area contributed by atoms with Gasteiger partial charge in [-0.25, -0.2) is 0 Å². The maximum atomic E-state index is 10.6. The minimum absolute atomic E-state index is 0.154. The van der Waals surface area contributed by atoms with Crippen molar-refractivity contribution in [2.75, 3.05) is 25.1 Å². The van der Waals surface area contributed by atoms with Crippen molar-refractivity contribution in [2.24, 2.45) is 5.41 Å². The van der Waals surface area contributed by atoms with Crippen molar-refractivity contribution >= 4 is 17.7 Å². The Morgan fingerprint density at radius 3 is 2.79 bits per heavy atom. The summed E-state index contributed by atoms with van der Waals surface area (Å²) in [5.41, 5.74) is 0.348. The number of hydrogen-bond donors (Lipinski definition) is 1. The van der Waals surface area contributed by atoms with Crippen LogP contribution in [0.5, 0.6) is 0 Å². The van der Waals surface area contributed by atoms with Gasteiger partial charge in [0.15, 0.2) is 0 Å². The first-order valence-electron chi connectivity index (χ1n) is 4.90. The number of nitrogens with zero attached hydrogens (tertiary/aromatic N) is 1. The third-order valence-electron chi connectivity index (χ3n) is 2.60. The van der Waals surface area contributed by atoms with E-state index in [9.17, 15) is 4.79 Å². The van der Waals surface area contributed by atoms with Crippen LogP contribution >= 0.6 is 11.8 Å². The summed E-state index contributed by atoms with van der Waals surface area (Å²) >= 11 is 1.93. The Kier molecular flexibility index (Phi) is 3.84. The van der Waals surface area contributed by atoms with Crippen LogP contribution < -0.4 is 0 Å². The fourth-order valence-corrected chi connectivity index (χ4v) is 3.29.